The number of hydrogen-bond donors (Lipinski definition) is 2. The molecular formula is C22H18BrN5O. The minimum absolute atomic E-state index is 0.0594. The van der Waals surface area contributed by atoms with Crippen molar-refractivity contribution in [2.75, 3.05) is 5.73 Å². The van der Waals surface area contributed by atoms with Gasteiger partial charge in [0.1, 0.15) is 12.1 Å². The zero-order valence-corrected chi connectivity index (χ0v) is 17.2. The van der Waals surface area contributed by atoms with Gasteiger partial charge in [0.25, 0.3) is 0 Å². The summed E-state index contributed by atoms with van der Waals surface area (Å²) in [6, 6.07) is 17.9. The van der Waals surface area contributed by atoms with Crippen molar-refractivity contribution in [3.63, 3.8) is 0 Å². The lowest BCUT2D eigenvalue weighted by Crippen LogP contribution is -2.15. The molecule has 144 valence electrons. The topological polar surface area (TPSA) is 93.8 Å². The molecular weight excluding hydrogens is 430 g/mol. The van der Waals surface area contributed by atoms with Crippen LogP contribution in [0, 0.1) is 0 Å². The number of fused-ring (bicyclic) bond motifs is 1. The predicted octanol–water partition coefficient (Wildman–Crippen LogP) is 4.51. The molecule has 0 bridgehead atoms. The number of anilines is 1. The molecule has 2 aromatic carbocycles. The Hall–Kier alpha value is -3.32. The normalized spacial score (nSPS) is 11.9. The van der Waals surface area contributed by atoms with Crippen molar-refractivity contribution in [2.45, 2.75) is 13.0 Å². The summed E-state index contributed by atoms with van der Waals surface area (Å²) in [5.41, 5.74) is 11.4. The fourth-order valence-electron chi connectivity index (χ4n) is 3.26. The van der Waals surface area contributed by atoms with Crippen LogP contribution >= 0.6 is 15.9 Å². The second-order valence-electron chi connectivity index (χ2n) is 6.65. The average molecular weight is 448 g/mol. The van der Waals surface area contributed by atoms with E-state index in [1.54, 1.807) is 0 Å². The van der Waals surface area contributed by atoms with Crippen molar-refractivity contribution >= 4 is 39.2 Å². The third-order valence-electron chi connectivity index (χ3n) is 4.79. The molecule has 6 nitrogen and oxygen atoms in total. The second kappa shape index (κ2) is 7.97. The highest BCUT2D eigenvalue weighted by atomic mass is 79.9. The number of pyridine rings is 1. The lowest BCUT2D eigenvalue weighted by atomic mass is 9.99. The molecule has 0 radical (unpaired) electrons. The number of nitrogens with one attached hydrogen (secondary N) is 1. The van der Waals surface area contributed by atoms with Crippen molar-refractivity contribution < 1.29 is 4.79 Å². The van der Waals surface area contributed by atoms with Crippen molar-refractivity contribution in [3.05, 3.63) is 71.0 Å². The smallest absolute Gasteiger partial charge is 0.207 e. The molecule has 4 aromatic rings. The predicted molar refractivity (Wildman–Crippen MR) is 118 cm³/mol. The molecule has 1 atom stereocenters. The van der Waals surface area contributed by atoms with Crippen LogP contribution in [-0.2, 0) is 4.79 Å². The maximum Gasteiger partial charge on any atom is 0.207 e. The molecule has 3 N–H and O–H groups in total. The van der Waals surface area contributed by atoms with Gasteiger partial charge in [0.05, 0.1) is 17.1 Å². The summed E-state index contributed by atoms with van der Waals surface area (Å²) >= 11 is 3.53. The third-order valence-corrected chi connectivity index (χ3v) is 5.29. The summed E-state index contributed by atoms with van der Waals surface area (Å²) in [5, 5.41) is 3.49. The number of carbonyl (C=O) groups excluding carboxylic acids is 1. The van der Waals surface area contributed by atoms with Crippen LogP contribution in [0.15, 0.2) is 65.4 Å². The number of halogens is 1. The van der Waals surface area contributed by atoms with E-state index in [2.05, 4.69) is 31.2 Å². The molecule has 1 amide bonds. The molecule has 0 saturated heterocycles. The molecule has 0 aliphatic heterocycles. The summed E-state index contributed by atoms with van der Waals surface area (Å²) in [7, 11) is 0. The van der Waals surface area contributed by atoms with E-state index in [0.29, 0.717) is 17.9 Å². The molecule has 0 aliphatic rings. The molecule has 7 heteroatoms. The van der Waals surface area contributed by atoms with Crippen LogP contribution < -0.4 is 11.1 Å². The maximum atomic E-state index is 10.7. The summed E-state index contributed by atoms with van der Waals surface area (Å²) in [4.78, 5) is 23.9. The number of nitrogens with two attached hydrogens (primary N) is 1. The minimum Gasteiger partial charge on any atom is -0.383 e. The van der Waals surface area contributed by atoms with Gasteiger partial charge in [-0.3, -0.25) is 4.79 Å². The molecule has 2 heterocycles. The van der Waals surface area contributed by atoms with Gasteiger partial charge in [0.2, 0.25) is 6.41 Å². The molecule has 4 rings (SSSR count). The van der Waals surface area contributed by atoms with E-state index in [1.807, 2.05) is 61.5 Å². The molecule has 0 fully saturated rings. The Kier molecular flexibility index (Phi) is 5.22. The van der Waals surface area contributed by atoms with E-state index < -0.39 is 0 Å². The molecule has 0 saturated carbocycles. The number of carbonyl (C=O) groups is 1. The summed E-state index contributed by atoms with van der Waals surface area (Å²) in [6.45, 7) is 1.93. The monoisotopic (exact) mass is 447 g/mol. The van der Waals surface area contributed by atoms with E-state index in [1.165, 1.54) is 6.33 Å². The Bertz CT molecular complexity index is 1190. The minimum atomic E-state index is -0.0594. The van der Waals surface area contributed by atoms with Gasteiger partial charge in [-0.05, 0) is 41.8 Å². The van der Waals surface area contributed by atoms with Crippen molar-refractivity contribution in [3.8, 4) is 22.4 Å². The van der Waals surface area contributed by atoms with Gasteiger partial charge in [-0.2, -0.15) is 0 Å². The first-order valence-electron chi connectivity index (χ1n) is 9.04. The van der Waals surface area contributed by atoms with Crippen molar-refractivity contribution in [1.82, 2.24) is 20.3 Å². The SMILES string of the molecule is CC(NC=O)c1ccc(-c2cc(-c3cccc(Br)c3)c3c(N)ncnc3n2)cc1. The fourth-order valence-corrected chi connectivity index (χ4v) is 3.66. The number of amides is 1. The van der Waals surface area contributed by atoms with Gasteiger partial charge < -0.3 is 11.1 Å². The highest BCUT2D eigenvalue weighted by Gasteiger charge is 2.14. The van der Waals surface area contributed by atoms with Gasteiger partial charge in [-0.25, -0.2) is 15.0 Å². The maximum absolute atomic E-state index is 10.7. The Labute approximate surface area is 176 Å². The second-order valence-corrected chi connectivity index (χ2v) is 7.57. The van der Waals surface area contributed by atoms with Crippen LogP contribution in [0.3, 0.4) is 0 Å². The standard InChI is InChI=1S/C22H18BrN5O/c1-13(27-12-29)14-5-7-15(8-6-14)19-10-18(16-3-2-4-17(23)9-16)20-21(24)25-11-26-22(20)28-19/h2-13H,1H3,(H,27,29)(H2,24,25,26,28). The number of rotatable bonds is 5. The Morgan fingerprint density at radius 1 is 1.07 bits per heavy atom. The molecule has 0 aliphatic carbocycles. The number of nitrogen functional groups attached to an aromatic ring is 1. The Morgan fingerprint density at radius 3 is 2.59 bits per heavy atom. The van der Waals surface area contributed by atoms with E-state index >= 15 is 0 Å². The van der Waals surface area contributed by atoms with Crippen LogP contribution in [0.25, 0.3) is 33.4 Å². The van der Waals surface area contributed by atoms with Crippen molar-refractivity contribution in [1.29, 1.82) is 0 Å². The third kappa shape index (κ3) is 3.82. The highest BCUT2D eigenvalue weighted by molar-refractivity contribution is 9.10. The number of hydrogen-bond acceptors (Lipinski definition) is 5. The lowest BCUT2D eigenvalue weighted by molar-refractivity contribution is -0.110. The highest BCUT2D eigenvalue weighted by Crippen LogP contribution is 2.34. The quantitative estimate of drug-likeness (QED) is 0.438. The van der Waals surface area contributed by atoms with Gasteiger partial charge in [-0.1, -0.05) is 52.3 Å². The molecule has 0 spiro atoms. The van der Waals surface area contributed by atoms with Gasteiger partial charge in [-0.15, -0.1) is 0 Å². The van der Waals surface area contributed by atoms with Crippen LogP contribution in [0.1, 0.15) is 18.5 Å². The van der Waals surface area contributed by atoms with Crippen LogP contribution in [0.4, 0.5) is 5.82 Å². The zero-order valence-electron chi connectivity index (χ0n) is 15.6. The number of nitrogens with zero attached hydrogens (tertiary/aromatic N) is 3. The van der Waals surface area contributed by atoms with E-state index in [0.717, 1.165) is 37.8 Å². The molecule has 29 heavy (non-hydrogen) atoms. The zero-order chi connectivity index (χ0) is 20.4. The lowest BCUT2D eigenvalue weighted by Gasteiger charge is -2.13. The van der Waals surface area contributed by atoms with Crippen LogP contribution in [0.5, 0.6) is 0 Å². The first-order valence-corrected chi connectivity index (χ1v) is 9.83. The summed E-state index contributed by atoms with van der Waals surface area (Å²) in [6.07, 6.45) is 2.13. The average Bonchev–Trinajstić information content (AvgIpc) is 2.73. The van der Waals surface area contributed by atoms with E-state index in [4.69, 9.17) is 10.7 Å². The number of benzene rings is 2. The van der Waals surface area contributed by atoms with E-state index in [9.17, 15) is 4.79 Å². The first-order chi connectivity index (χ1) is 14.1. The first kappa shape index (κ1) is 19.0. The van der Waals surface area contributed by atoms with Crippen molar-refractivity contribution in [2.24, 2.45) is 0 Å². The Balaban J connectivity index is 1.87. The van der Waals surface area contributed by atoms with Gasteiger partial charge in [0.15, 0.2) is 5.65 Å². The van der Waals surface area contributed by atoms with Crippen LogP contribution in [0.2, 0.25) is 0 Å². The molecule has 2 aromatic heterocycles. The summed E-state index contributed by atoms with van der Waals surface area (Å²) < 4.78 is 0.970. The Morgan fingerprint density at radius 2 is 1.86 bits per heavy atom. The largest absolute Gasteiger partial charge is 0.383 e. The van der Waals surface area contributed by atoms with Gasteiger partial charge >= 0.3 is 0 Å². The molecule has 1 unspecified atom stereocenters. The fraction of sp³-hybridized carbons (Fsp3) is 0.0909. The van der Waals surface area contributed by atoms with E-state index in [-0.39, 0.29) is 6.04 Å². The summed E-state index contributed by atoms with van der Waals surface area (Å²) in [5.74, 6) is 0.396. The number of aromatic nitrogens is 3. The van der Waals surface area contributed by atoms with Gasteiger partial charge in [0, 0.05) is 10.0 Å². The van der Waals surface area contributed by atoms with Crippen LogP contribution in [-0.4, -0.2) is 21.4 Å².